The number of benzene rings is 1. The number of rotatable bonds is 8. The average Bonchev–Trinajstić information content (AvgIpc) is 3.56. The lowest BCUT2D eigenvalue weighted by atomic mass is 9.96. The summed E-state index contributed by atoms with van der Waals surface area (Å²) >= 11 is 0. The highest BCUT2D eigenvalue weighted by molar-refractivity contribution is 5.86. The van der Waals surface area contributed by atoms with Crippen LogP contribution in [0.1, 0.15) is 24.1 Å². The maximum absolute atomic E-state index is 12.5. The number of hydrogen-bond acceptors (Lipinski definition) is 8. The lowest BCUT2D eigenvalue weighted by molar-refractivity contribution is -0.129. The SMILES string of the molecule is COc1ccc(CNC(=O)CNC(=O)C2CCN(c3oc(-c4ccco4)nc3C#N)CC2)cc1. The number of nitrogens with one attached hydrogen (secondary N) is 2. The summed E-state index contributed by atoms with van der Waals surface area (Å²) in [5.41, 5.74) is 1.12. The fourth-order valence-corrected chi connectivity index (χ4v) is 3.77. The molecule has 1 aliphatic rings. The number of furan rings is 1. The minimum atomic E-state index is -0.257. The van der Waals surface area contributed by atoms with Crippen molar-refractivity contribution in [2.75, 3.05) is 31.6 Å². The molecule has 0 bridgehead atoms. The summed E-state index contributed by atoms with van der Waals surface area (Å²) in [4.78, 5) is 30.8. The van der Waals surface area contributed by atoms with E-state index >= 15 is 0 Å². The standard InChI is InChI=1S/C24H25N5O5/c1-32-18-6-4-16(5-7-18)14-26-21(30)15-27-22(31)17-8-10-29(11-9-17)24-19(13-25)28-23(34-24)20-3-2-12-33-20/h2-7,12,17H,8-11,14-15H2,1H3,(H,26,30)(H,27,31). The van der Waals surface area contributed by atoms with Gasteiger partial charge in [0.05, 0.1) is 19.9 Å². The monoisotopic (exact) mass is 463 g/mol. The minimum Gasteiger partial charge on any atom is -0.497 e. The van der Waals surface area contributed by atoms with Crippen LogP contribution in [0, 0.1) is 17.2 Å². The van der Waals surface area contributed by atoms with E-state index in [0.29, 0.717) is 44.1 Å². The number of ether oxygens (including phenoxy) is 1. The van der Waals surface area contributed by atoms with Gasteiger partial charge in [-0.15, -0.1) is 0 Å². The van der Waals surface area contributed by atoms with Crippen molar-refractivity contribution in [3.63, 3.8) is 0 Å². The second-order valence-electron chi connectivity index (χ2n) is 7.87. The maximum atomic E-state index is 12.5. The van der Waals surface area contributed by atoms with E-state index in [9.17, 15) is 14.9 Å². The summed E-state index contributed by atoms with van der Waals surface area (Å²) in [5, 5.41) is 14.9. The van der Waals surface area contributed by atoms with Crippen LogP contribution in [0.4, 0.5) is 5.88 Å². The Morgan fingerprint density at radius 2 is 1.97 bits per heavy atom. The number of nitriles is 1. The third-order valence-corrected chi connectivity index (χ3v) is 5.67. The molecule has 176 valence electrons. The minimum absolute atomic E-state index is 0.0810. The number of aromatic nitrogens is 1. The molecule has 4 rings (SSSR count). The highest BCUT2D eigenvalue weighted by atomic mass is 16.5. The molecular formula is C24H25N5O5. The van der Waals surface area contributed by atoms with E-state index in [0.717, 1.165) is 11.3 Å². The van der Waals surface area contributed by atoms with E-state index in [4.69, 9.17) is 13.6 Å². The molecule has 3 heterocycles. The van der Waals surface area contributed by atoms with Crippen molar-refractivity contribution in [3.05, 3.63) is 53.9 Å². The number of piperidine rings is 1. The molecule has 2 amide bonds. The first-order chi connectivity index (χ1) is 16.6. The summed E-state index contributed by atoms with van der Waals surface area (Å²) in [5.74, 6) is 1.19. The summed E-state index contributed by atoms with van der Waals surface area (Å²) in [6.45, 7) is 1.35. The number of methoxy groups -OCH3 is 1. The zero-order chi connectivity index (χ0) is 23.9. The molecule has 2 aromatic heterocycles. The van der Waals surface area contributed by atoms with Crippen molar-refractivity contribution in [3.8, 4) is 23.5 Å². The van der Waals surface area contributed by atoms with Crippen molar-refractivity contribution in [1.82, 2.24) is 15.6 Å². The van der Waals surface area contributed by atoms with Crippen molar-refractivity contribution < 1.29 is 23.2 Å². The zero-order valence-corrected chi connectivity index (χ0v) is 18.7. The first-order valence-corrected chi connectivity index (χ1v) is 10.9. The summed E-state index contributed by atoms with van der Waals surface area (Å²) in [7, 11) is 1.60. The van der Waals surface area contributed by atoms with Crippen molar-refractivity contribution in [2.45, 2.75) is 19.4 Å². The van der Waals surface area contributed by atoms with E-state index in [1.807, 2.05) is 29.2 Å². The van der Waals surface area contributed by atoms with Gasteiger partial charge < -0.3 is 29.1 Å². The van der Waals surface area contributed by atoms with Gasteiger partial charge in [-0.3, -0.25) is 9.59 Å². The number of amides is 2. The third kappa shape index (κ3) is 5.38. The molecule has 34 heavy (non-hydrogen) atoms. The fourth-order valence-electron chi connectivity index (χ4n) is 3.77. The van der Waals surface area contributed by atoms with Crippen molar-refractivity contribution in [1.29, 1.82) is 5.26 Å². The molecule has 3 aromatic rings. The van der Waals surface area contributed by atoms with Crippen LogP contribution < -0.4 is 20.3 Å². The molecule has 0 saturated carbocycles. The van der Waals surface area contributed by atoms with Gasteiger partial charge in [-0.2, -0.15) is 10.2 Å². The van der Waals surface area contributed by atoms with Crippen LogP contribution in [0.15, 0.2) is 51.5 Å². The lowest BCUT2D eigenvalue weighted by Gasteiger charge is -2.30. The Labute approximate surface area is 196 Å². The smallest absolute Gasteiger partial charge is 0.266 e. The number of anilines is 1. The molecule has 0 spiro atoms. The second-order valence-corrected chi connectivity index (χ2v) is 7.87. The van der Waals surface area contributed by atoms with Gasteiger partial charge in [0.1, 0.15) is 11.8 Å². The quantitative estimate of drug-likeness (QED) is 0.520. The molecule has 1 aliphatic heterocycles. The Kier molecular flexibility index (Phi) is 7.13. The summed E-state index contributed by atoms with van der Waals surface area (Å²) < 4.78 is 16.2. The number of hydrogen-bond donors (Lipinski definition) is 2. The van der Waals surface area contributed by atoms with Crippen LogP contribution in [-0.4, -0.2) is 43.5 Å². The van der Waals surface area contributed by atoms with Gasteiger partial charge in [0.15, 0.2) is 5.76 Å². The Hall–Kier alpha value is -4.26. The predicted octanol–water partition coefficient (Wildman–Crippen LogP) is 2.46. The van der Waals surface area contributed by atoms with Gasteiger partial charge >= 0.3 is 0 Å². The molecule has 10 heteroatoms. The first-order valence-electron chi connectivity index (χ1n) is 10.9. The molecule has 1 aromatic carbocycles. The van der Waals surface area contributed by atoms with Gasteiger partial charge in [-0.05, 0) is 42.7 Å². The molecule has 2 N–H and O–H groups in total. The Morgan fingerprint density at radius 1 is 1.21 bits per heavy atom. The molecule has 0 atom stereocenters. The maximum Gasteiger partial charge on any atom is 0.266 e. The van der Waals surface area contributed by atoms with Crippen molar-refractivity contribution in [2.24, 2.45) is 5.92 Å². The van der Waals surface area contributed by atoms with Crippen LogP contribution in [-0.2, 0) is 16.1 Å². The highest BCUT2D eigenvalue weighted by Gasteiger charge is 2.29. The molecule has 0 aliphatic carbocycles. The Balaban J connectivity index is 1.23. The third-order valence-electron chi connectivity index (χ3n) is 5.67. The van der Waals surface area contributed by atoms with E-state index in [1.165, 1.54) is 6.26 Å². The molecule has 10 nitrogen and oxygen atoms in total. The van der Waals surface area contributed by atoms with Crippen LogP contribution in [0.2, 0.25) is 0 Å². The van der Waals surface area contributed by atoms with Gasteiger partial charge in [0.25, 0.3) is 5.89 Å². The zero-order valence-electron chi connectivity index (χ0n) is 18.7. The van der Waals surface area contributed by atoms with Gasteiger partial charge in [0.2, 0.25) is 23.4 Å². The second kappa shape index (κ2) is 10.6. The first kappa shape index (κ1) is 22.9. The van der Waals surface area contributed by atoms with Crippen LogP contribution in [0.25, 0.3) is 11.7 Å². The van der Waals surface area contributed by atoms with Gasteiger partial charge in [-0.25, -0.2) is 0 Å². The van der Waals surface area contributed by atoms with Crippen LogP contribution in [0.5, 0.6) is 5.75 Å². The van der Waals surface area contributed by atoms with Crippen LogP contribution >= 0.6 is 0 Å². The number of oxazole rings is 1. The summed E-state index contributed by atoms with van der Waals surface area (Å²) in [6, 6.07) is 12.9. The Bertz CT molecular complexity index is 1160. The number of carbonyl (C=O) groups is 2. The molecule has 0 radical (unpaired) electrons. The largest absolute Gasteiger partial charge is 0.497 e. The van der Waals surface area contributed by atoms with Gasteiger partial charge in [-0.1, -0.05) is 12.1 Å². The molecular weight excluding hydrogens is 438 g/mol. The number of nitrogens with zero attached hydrogens (tertiary/aromatic N) is 3. The molecule has 0 unspecified atom stereocenters. The van der Waals surface area contributed by atoms with Crippen LogP contribution in [0.3, 0.4) is 0 Å². The van der Waals surface area contributed by atoms with E-state index in [1.54, 1.807) is 19.2 Å². The van der Waals surface area contributed by atoms with Crippen molar-refractivity contribution >= 4 is 17.7 Å². The fraction of sp³-hybridized carbons (Fsp3) is 0.333. The Morgan fingerprint density at radius 3 is 2.62 bits per heavy atom. The van der Waals surface area contributed by atoms with E-state index in [-0.39, 0.29) is 35.9 Å². The van der Waals surface area contributed by atoms with E-state index in [2.05, 4.69) is 21.7 Å². The highest BCUT2D eigenvalue weighted by Crippen LogP contribution is 2.31. The molecule has 1 fully saturated rings. The predicted molar refractivity (Wildman–Crippen MR) is 122 cm³/mol. The topological polar surface area (TPSA) is 134 Å². The normalized spacial score (nSPS) is 13.8. The average molecular weight is 463 g/mol. The van der Waals surface area contributed by atoms with E-state index < -0.39 is 0 Å². The molecule has 1 saturated heterocycles. The number of carbonyl (C=O) groups excluding carboxylic acids is 2. The lowest BCUT2D eigenvalue weighted by Crippen LogP contribution is -2.43. The van der Waals surface area contributed by atoms with Gasteiger partial charge in [0, 0.05) is 25.6 Å². The summed E-state index contributed by atoms with van der Waals surface area (Å²) in [6.07, 6.45) is 2.65.